The highest BCUT2D eigenvalue weighted by Gasteiger charge is 2.44. The van der Waals surface area contributed by atoms with Gasteiger partial charge in [-0.15, -0.1) is 0 Å². The van der Waals surface area contributed by atoms with Crippen LogP contribution in [0, 0.1) is 6.92 Å². The van der Waals surface area contributed by atoms with E-state index in [1.807, 2.05) is 121 Å². The Balaban J connectivity index is 1.96. The average Bonchev–Trinajstić information content (AvgIpc) is 2.85. The van der Waals surface area contributed by atoms with Gasteiger partial charge in [-0.2, -0.15) is 0 Å². The van der Waals surface area contributed by atoms with Crippen LogP contribution in [0.5, 0.6) is 0 Å². The molecule has 0 spiro atoms. The quantitative estimate of drug-likeness (QED) is 0.211. The van der Waals surface area contributed by atoms with E-state index in [1.54, 1.807) is 0 Å². The van der Waals surface area contributed by atoms with Crippen molar-refractivity contribution >= 4 is 19.7 Å². The number of hydrogen-bond donors (Lipinski definition) is 0. The van der Waals surface area contributed by atoms with Gasteiger partial charge < -0.3 is 0 Å². The maximum absolute atomic E-state index is 14.0. The highest BCUT2D eigenvalue weighted by atomic mass is 33.1. The van der Waals surface area contributed by atoms with Gasteiger partial charge in [0, 0.05) is 0 Å². The first-order valence-electron chi connectivity index (χ1n) is 10.5. The summed E-state index contributed by atoms with van der Waals surface area (Å²) in [7, 11) is -2.66. The van der Waals surface area contributed by atoms with Crippen LogP contribution in [-0.4, -0.2) is 8.42 Å². The van der Waals surface area contributed by atoms with Gasteiger partial charge in [0.2, 0.25) is 8.87 Å². The topological polar surface area (TPSA) is 34.1 Å². The predicted octanol–water partition coefficient (Wildman–Crippen LogP) is 7.01. The molecule has 0 N–H and O–H groups in total. The molecule has 4 rings (SSSR count). The van der Waals surface area contributed by atoms with E-state index in [0.717, 1.165) is 33.0 Å². The second-order valence-corrected chi connectivity index (χ2v) is 11.8. The van der Waals surface area contributed by atoms with E-state index >= 15 is 0 Å². The number of benzene rings is 4. The highest BCUT2D eigenvalue weighted by Crippen LogP contribution is 2.53. The fourth-order valence-corrected chi connectivity index (χ4v) is 8.86. The summed E-state index contributed by atoms with van der Waals surface area (Å²) in [5.74, 6) is 0. The van der Waals surface area contributed by atoms with Crippen LogP contribution in [0.2, 0.25) is 0 Å². The van der Waals surface area contributed by atoms with Crippen molar-refractivity contribution in [3.63, 3.8) is 0 Å². The third-order valence-electron chi connectivity index (χ3n) is 5.56. The molecule has 1 radical (unpaired) electrons. The van der Waals surface area contributed by atoms with Crippen molar-refractivity contribution in [1.29, 1.82) is 0 Å². The van der Waals surface area contributed by atoms with Crippen molar-refractivity contribution in [3.05, 3.63) is 151 Å². The standard InChI is InChI=1S/C28H25O2S2/c1-2-27(23-15-7-3-8-16-23)32(29,30)31-28(24-17-9-4-10-18-24,25-19-11-5-12-20-25)26-21-13-6-14-22-26/h3-22,27H,1-2H2. The van der Waals surface area contributed by atoms with Crippen LogP contribution in [0.15, 0.2) is 121 Å². The summed E-state index contributed by atoms with van der Waals surface area (Å²) in [6.45, 7) is 3.98. The second kappa shape index (κ2) is 9.76. The van der Waals surface area contributed by atoms with E-state index in [2.05, 4.69) is 6.92 Å². The van der Waals surface area contributed by atoms with Gasteiger partial charge in [-0.05, 0) is 39.5 Å². The van der Waals surface area contributed by atoms with Gasteiger partial charge in [-0.3, -0.25) is 0 Å². The molecule has 0 saturated carbocycles. The van der Waals surface area contributed by atoms with Crippen molar-refractivity contribution in [3.8, 4) is 0 Å². The third-order valence-corrected chi connectivity index (χ3v) is 10.1. The maximum atomic E-state index is 14.0. The lowest BCUT2D eigenvalue weighted by molar-refractivity contribution is 0.597. The maximum Gasteiger partial charge on any atom is 0.210 e. The smallest absolute Gasteiger partial charge is 0.210 e. The van der Waals surface area contributed by atoms with Gasteiger partial charge in [0.25, 0.3) is 0 Å². The van der Waals surface area contributed by atoms with E-state index < -0.39 is 18.9 Å². The molecule has 4 heteroatoms. The molecule has 4 aromatic rings. The molecule has 161 valence electrons. The molecule has 1 atom stereocenters. The SMILES string of the molecule is [CH2]CC(c1ccccc1)S(=O)(=O)SC(c1ccccc1)(c1ccccc1)c1ccccc1. The van der Waals surface area contributed by atoms with E-state index in [0.29, 0.717) is 0 Å². The molecule has 1 unspecified atom stereocenters. The zero-order chi connectivity index (χ0) is 22.4. The van der Waals surface area contributed by atoms with Gasteiger partial charge in [-0.1, -0.05) is 128 Å². The molecule has 0 aliphatic rings. The summed E-state index contributed by atoms with van der Waals surface area (Å²) >= 11 is 0. The third kappa shape index (κ3) is 4.38. The Kier molecular flexibility index (Phi) is 6.83. The van der Waals surface area contributed by atoms with Crippen LogP contribution in [0.4, 0.5) is 0 Å². The Labute approximate surface area is 194 Å². The van der Waals surface area contributed by atoms with E-state index in [-0.39, 0.29) is 6.42 Å². The molecule has 32 heavy (non-hydrogen) atoms. The van der Waals surface area contributed by atoms with E-state index in [9.17, 15) is 8.42 Å². The van der Waals surface area contributed by atoms with Gasteiger partial charge in [0.1, 0.15) is 4.75 Å². The van der Waals surface area contributed by atoms with Crippen LogP contribution in [0.1, 0.15) is 33.9 Å². The van der Waals surface area contributed by atoms with E-state index in [4.69, 9.17) is 0 Å². The van der Waals surface area contributed by atoms with E-state index in [1.165, 1.54) is 0 Å². The Hall–Kier alpha value is -2.82. The van der Waals surface area contributed by atoms with Crippen molar-refractivity contribution < 1.29 is 8.42 Å². The Morgan fingerprint density at radius 3 is 1.31 bits per heavy atom. The molecular formula is C28H25O2S2. The summed E-state index contributed by atoms with van der Waals surface area (Å²) in [6.07, 6.45) is 0.258. The second-order valence-electron chi connectivity index (χ2n) is 7.54. The lowest BCUT2D eigenvalue weighted by Crippen LogP contribution is -2.28. The van der Waals surface area contributed by atoms with Gasteiger partial charge >= 0.3 is 0 Å². The molecule has 0 amide bonds. The van der Waals surface area contributed by atoms with Gasteiger partial charge in [-0.25, -0.2) is 8.42 Å². The van der Waals surface area contributed by atoms with Crippen LogP contribution < -0.4 is 0 Å². The molecular weight excluding hydrogens is 432 g/mol. The minimum atomic E-state index is -3.67. The highest BCUT2D eigenvalue weighted by molar-refractivity contribution is 8.72. The summed E-state index contributed by atoms with van der Waals surface area (Å²) in [5, 5.41) is -0.704. The fraction of sp³-hybridized carbons (Fsp3) is 0.107. The number of rotatable bonds is 8. The first-order chi connectivity index (χ1) is 15.6. The molecule has 0 aliphatic heterocycles. The minimum absolute atomic E-state index is 0.258. The normalized spacial score (nSPS) is 12.9. The Morgan fingerprint density at radius 2 is 0.969 bits per heavy atom. The molecule has 0 fully saturated rings. The van der Waals surface area contributed by atoms with Crippen LogP contribution in [0.3, 0.4) is 0 Å². The Bertz CT molecular complexity index is 1130. The zero-order valence-corrected chi connectivity index (χ0v) is 19.3. The lowest BCUT2D eigenvalue weighted by Gasteiger charge is -2.35. The van der Waals surface area contributed by atoms with Crippen molar-refractivity contribution in [1.82, 2.24) is 0 Å². The molecule has 0 saturated heterocycles. The largest absolute Gasteiger partial charge is 0.217 e. The first kappa shape index (κ1) is 22.4. The van der Waals surface area contributed by atoms with Gasteiger partial charge in [0.05, 0.1) is 5.25 Å². The van der Waals surface area contributed by atoms with Crippen molar-refractivity contribution in [2.75, 3.05) is 0 Å². The minimum Gasteiger partial charge on any atom is -0.217 e. The van der Waals surface area contributed by atoms with Crippen LogP contribution in [0.25, 0.3) is 0 Å². The lowest BCUT2D eigenvalue weighted by atomic mass is 9.84. The monoisotopic (exact) mass is 457 g/mol. The predicted molar refractivity (Wildman–Crippen MR) is 135 cm³/mol. The van der Waals surface area contributed by atoms with Crippen LogP contribution >= 0.6 is 10.8 Å². The Morgan fingerprint density at radius 1 is 0.625 bits per heavy atom. The van der Waals surface area contributed by atoms with Crippen molar-refractivity contribution in [2.24, 2.45) is 0 Å². The molecule has 0 heterocycles. The first-order valence-corrected chi connectivity index (χ1v) is 13.4. The molecule has 0 aliphatic carbocycles. The fourth-order valence-electron chi connectivity index (χ4n) is 4.04. The zero-order valence-electron chi connectivity index (χ0n) is 17.7. The van der Waals surface area contributed by atoms with Gasteiger partial charge in [0.15, 0.2) is 0 Å². The average molecular weight is 458 g/mol. The summed E-state index contributed by atoms with van der Waals surface area (Å²) in [6, 6.07) is 39.0. The van der Waals surface area contributed by atoms with Crippen LogP contribution in [-0.2, 0) is 13.6 Å². The number of hydrogen-bond acceptors (Lipinski definition) is 3. The summed E-state index contributed by atoms with van der Waals surface area (Å²) in [5.41, 5.74) is 3.52. The molecule has 0 aromatic heterocycles. The molecule has 0 bridgehead atoms. The molecule has 2 nitrogen and oxygen atoms in total. The summed E-state index contributed by atoms with van der Waals surface area (Å²) < 4.78 is 27.1. The molecule has 4 aromatic carbocycles. The summed E-state index contributed by atoms with van der Waals surface area (Å²) in [4.78, 5) is 0. The van der Waals surface area contributed by atoms with Crippen molar-refractivity contribution in [2.45, 2.75) is 16.4 Å².